The van der Waals surface area contributed by atoms with Crippen molar-refractivity contribution in [2.75, 3.05) is 25.5 Å². The summed E-state index contributed by atoms with van der Waals surface area (Å²) in [4.78, 5) is 11.1. The lowest BCUT2D eigenvalue weighted by Gasteiger charge is -2.16. The smallest absolute Gasteiger partial charge is 0.135 e. The van der Waals surface area contributed by atoms with E-state index in [0.717, 1.165) is 23.6 Å². The second-order valence-electron chi connectivity index (χ2n) is 4.28. The topological polar surface area (TPSA) is 55.0 Å². The number of anilines is 1. The van der Waals surface area contributed by atoms with Crippen LogP contribution in [0.3, 0.4) is 0 Å². The van der Waals surface area contributed by atoms with Crippen LogP contribution in [0.1, 0.15) is 30.1 Å². The van der Waals surface area contributed by atoms with Crippen LogP contribution in [0.15, 0.2) is 6.20 Å². The molecule has 1 fully saturated rings. The summed E-state index contributed by atoms with van der Waals surface area (Å²) < 4.78 is 0. The molecule has 2 rings (SSSR count). The summed E-state index contributed by atoms with van der Waals surface area (Å²) in [6.45, 7) is 0.646. The molecule has 4 heteroatoms. The lowest BCUT2D eigenvalue weighted by Crippen LogP contribution is -2.16. The first-order valence-electron chi connectivity index (χ1n) is 5.45. The normalized spacial score (nSPS) is 15.4. The van der Waals surface area contributed by atoms with Crippen molar-refractivity contribution < 1.29 is 0 Å². The second kappa shape index (κ2) is 4.14. The molecule has 0 bridgehead atoms. The van der Waals surface area contributed by atoms with Crippen LogP contribution in [0.4, 0.5) is 5.82 Å². The summed E-state index contributed by atoms with van der Waals surface area (Å²) in [5.74, 6) is 2.63. The minimum absolute atomic E-state index is 0.607. The first-order chi connectivity index (χ1) is 7.22. The molecule has 0 aromatic carbocycles. The zero-order chi connectivity index (χ0) is 10.8. The molecule has 0 spiro atoms. The Morgan fingerprint density at radius 1 is 1.47 bits per heavy atom. The molecular formula is C11H18N4. The van der Waals surface area contributed by atoms with E-state index in [4.69, 9.17) is 5.73 Å². The van der Waals surface area contributed by atoms with E-state index in [1.807, 2.05) is 25.2 Å². The molecule has 1 saturated carbocycles. The van der Waals surface area contributed by atoms with E-state index in [0.29, 0.717) is 12.5 Å². The van der Waals surface area contributed by atoms with Crippen molar-refractivity contribution in [1.29, 1.82) is 0 Å². The fourth-order valence-electron chi connectivity index (χ4n) is 1.67. The largest absolute Gasteiger partial charge is 0.362 e. The van der Waals surface area contributed by atoms with Gasteiger partial charge in [-0.25, -0.2) is 9.97 Å². The van der Waals surface area contributed by atoms with Gasteiger partial charge in [-0.1, -0.05) is 0 Å². The number of rotatable bonds is 4. The van der Waals surface area contributed by atoms with Crippen molar-refractivity contribution in [3.8, 4) is 0 Å². The first-order valence-corrected chi connectivity index (χ1v) is 5.45. The molecule has 15 heavy (non-hydrogen) atoms. The van der Waals surface area contributed by atoms with Gasteiger partial charge in [-0.05, 0) is 25.8 Å². The van der Waals surface area contributed by atoms with Crippen molar-refractivity contribution in [2.24, 2.45) is 5.73 Å². The third-order valence-corrected chi connectivity index (χ3v) is 2.64. The first kappa shape index (κ1) is 10.4. The molecule has 0 aliphatic heterocycles. The molecule has 4 nitrogen and oxygen atoms in total. The van der Waals surface area contributed by atoms with Gasteiger partial charge in [-0.2, -0.15) is 0 Å². The minimum Gasteiger partial charge on any atom is -0.362 e. The van der Waals surface area contributed by atoms with Gasteiger partial charge in [0, 0.05) is 31.8 Å². The third-order valence-electron chi connectivity index (χ3n) is 2.64. The monoisotopic (exact) mass is 206 g/mol. The molecule has 0 unspecified atom stereocenters. The van der Waals surface area contributed by atoms with Crippen molar-refractivity contribution in [3.05, 3.63) is 17.6 Å². The summed E-state index contributed by atoms with van der Waals surface area (Å²) in [5, 5.41) is 0. The maximum absolute atomic E-state index is 5.57. The van der Waals surface area contributed by atoms with Crippen LogP contribution in [0.5, 0.6) is 0 Å². The quantitative estimate of drug-likeness (QED) is 0.796. The van der Waals surface area contributed by atoms with Crippen molar-refractivity contribution in [2.45, 2.75) is 25.2 Å². The maximum Gasteiger partial charge on any atom is 0.135 e. The Morgan fingerprint density at radius 2 is 2.20 bits per heavy atom. The van der Waals surface area contributed by atoms with E-state index in [2.05, 4.69) is 9.97 Å². The van der Waals surface area contributed by atoms with E-state index < -0.39 is 0 Å². The molecule has 82 valence electrons. The molecule has 1 heterocycles. The zero-order valence-electron chi connectivity index (χ0n) is 9.40. The Morgan fingerprint density at radius 3 is 2.73 bits per heavy atom. The van der Waals surface area contributed by atoms with Gasteiger partial charge in [-0.15, -0.1) is 0 Å². The van der Waals surface area contributed by atoms with E-state index in [9.17, 15) is 0 Å². The third kappa shape index (κ3) is 2.26. The molecule has 0 amide bonds. The fraction of sp³-hybridized carbons (Fsp3) is 0.636. The SMILES string of the molecule is CN(C)c1nc(C2CC2)ncc1CCN. The van der Waals surface area contributed by atoms with Crippen LogP contribution in [0.2, 0.25) is 0 Å². The predicted molar refractivity (Wildman–Crippen MR) is 61.1 cm³/mol. The lowest BCUT2D eigenvalue weighted by molar-refractivity contribution is 0.862. The van der Waals surface area contributed by atoms with Crippen LogP contribution in [0.25, 0.3) is 0 Å². The average Bonchev–Trinajstić information content (AvgIpc) is 3.02. The molecule has 1 aromatic rings. The summed E-state index contributed by atoms with van der Waals surface area (Å²) in [5.41, 5.74) is 6.71. The Hall–Kier alpha value is -1.16. The standard InChI is InChI=1S/C11H18N4/c1-15(2)11-9(5-6-12)7-13-10(14-11)8-3-4-8/h7-8H,3-6,12H2,1-2H3. The summed E-state index contributed by atoms with van der Waals surface area (Å²) in [6, 6.07) is 0. The zero-order valence-corrected chi connectivity index (χ0v) is 9.40. The number of nitrogens with two attached hydrogens (primary N) is 1. The van der Waals surface area contributed by atoms with Crippen molar-refractivity contribution >= 4 is 5.82 Å². The van der Waals surface area contributed by atoms with Crippen LogP contribution in [-0.2, 0) is 6.42 Å². The highest BCUT2D eigenvalue weighted by atomic mass is 15.2. The molecule has 0 saturated heterocycles. The maximum atomic E-state index is 5.57. The van der Waals surface area contributed by atoms with Gasteiger partial charge in [0.25, 0.3) is 0 Å². The highest BCUT2D eigenvalue weighted by Crippen LogP contribution is 2.38. The summed E-state index contributed by atoms with van der Waals surface area (Å²) in [6.07, 6.45) is 5.26. The highest BCUT2D eigenvalue weighted by molar-refractivity contribution is 5.45. The molecule has 0 atom stereocenters. The van der Waals surface area contributed by atoms with E-state index >= 15 is 0 Å². The highest BCUT2D eigenvalue weighted by Gasteiger charge is 2.27. The number of aromatic nitrogens is 2. The van der Waals surface area contributed by atoms with Crippen LogP contribution in [0, 0.1) is 0 Å². The Balaban J connectivity index is 2.30. The van der Waals surface area contributed by atoms with Gasteiger partial charge < -0.3 is 10.6 Å². The van der Waals surface area contributed by atoms with Gasteiger partial charge >= 0.3 is 0 Å². The fourth-order valence-corrected chi connectivity index (χ4v) is 1.67. The van der Waals surface area contributed by atoms with E-state index in [1.54, 1.807) is 0 Å². The molecule has 1 aromatic heterocycles. The lowest BCUT2D eigenvalue weighted by atomic mass is 10.2. The molecule has 1 aliphatic carbocycles. The van der Waals surface area contributed by atoms with Crippen LogP contribution >= 0.6 is 0 Å². The van der Waals surface area contributed by atoms with E-state index in [1.165, 1.54) is 12.8 Å². The van der Waals surface area contributed by atoms with Gasteiger partial charge in [0.05, 0.1) is 0 Å². The Kier molecular flexibility index (Phi) is 2.86. The number of hydrogen-bond acceptors (Lipinski definition) is 4. The van der Waals surface area contributed by atoms with Gasteiger partial charge in [0.1, 0.15) is 11.6 Å². The molecule has 0 radical (unpaired) electrons. The number of nitrogens with zero attached hydrogens (tertiary/aromatic N) is 3. The van der Waals surface area contributed by atoms with E-state index in [-0.39, 0.29) is 0 Å². The van der Waals surface area contributed by atoms with Gasteiger partial charge in [-0.3, -0.25) is 0 Å². The number of hydrogen-bond donors (Lipinski definition) is 1. The molecule has 1 aliphatic rings. The van der Waals surface area contributed by atoms with Gasteiger partial charge in [0.15, 0.2) is 0 Å². The summed E-state index contributed by atoms with van der Waals surface area (Å²) >= 11 is 0. The molecular weight excluding hydrogens is 188 g/mol. The van der Waals surface area contributed by atoms with Crippen LogP contribution < -0.4 is 10.6 Å². The second-order valence-corrected chi connectivity index (χ2v) is 4.28. The summed E-state index contributed by atoms with van der Waals surface area (Å²) in [7, 11) is 4.03. The van der Waals surface area contributed by atoms with Crippen molar-refractivity contribution in [3.63, 3.8) is 0 Å². The average molecular weight is 206 g/mol. The molecule has 2 N–H and O–H groups in total. The minimum atomic E-state index is 0.607. The van der Waals surface area contributed by atoms with Crippen molar-refractivity contribution in [1.82, 2.24) is 9.97 Å². The van der Waals surface area contributed by atoms with Crippen LogP contribution in [-0.4, -0.2) is 30.6 Å². The Labute approximate surface area is 90.5 Å². The van der Waals surface area contributed by atoms with Gasteiger partial charge in [0.2, 0.25) is 0 Å². The Bertz CT molecular complexity index is 344. The predicted octanol–water partition coefficient (Wildman–Crippen LogP) is 0.921.